The van der Waals surface area contributed by atoms with Crippen LogP contribution in [0.3, 0.4) is 0 Å². The Morgan fingerprint density at radius 3 is 2.47 bits per heavy atom. The van der Waals surface area contributed by atoms with Crippen molar-refractivity contribution in [2.24, 2.45) is 0 Å². The third-order valence-corrected chi connectivity index (χ3v) is 1.24. The summed E-state index contributed by atoms with van der Waals surface area (Å²) in [6.45, 7) is 1.30. The second-order valence-electron chi connectivity index (χ2n) is 2.51. The monoisotopic (exact) mass is 219 g/mol. The van der Waals surface area contributed by atoms with Crippen LogP contribution >= 0.6 is 0 Å². The zero-order chi connectivity index (χ0) is 11.7. The fourth-order valence-electron chi connectivity index (χ4n) is 0.678. The molecule has 0 aliphatic carbocycles. The van der Waals surface area contributed by atoms with E-state index >= 15 is 0 Å². The van der Waals surface area contributed by atoms with Crippen molar-refractivity contribution in [3.05, 3.63) is 0 Å². The van der Waals surface area contributed by atoms with Crippen molar-refractivity contribution >= 4 is 17.8 Å². The van der Waals surface area contributed by atoms with E-state index in [0.717, 1.165) is 0 Å². The van der Waals surface area contributed by atoms with Crippen LogP contribution < -0.4 is 5.48 Å². The molecule has 0 saturated heterocycles. The summed E-state index contributed by atoms with van der Waals surface area (Å²) in [6.07, 6.45) is -0.158. The van der Waals surface area contributed by atoms with E-state index in [1.165, 1.54) is 0 Å². The maximum absolute atomic E-state index is 10.9. The molecular weight excluding hydrogens is 206 g/mol. The third kappa shape index (κ3) is 8.69. The molecule has 0 saturated carbocycles. The van der Waals surface area contributed by atoms with Crippen LogP contribution in [-0.2, 0) is 24.0 Å². The lowest BCUT2D eigenvalue weighted by molar-refractivity contribution is -0.151. The number of hydroxylamine groups is 1. The van der Waals surface area contributed by atoms with Crippen LogP contribution in [0.15, 0.2) is 0 Å². The molecule has 0 aliphatic heterocycles. The van der Waals surface area contributed by atoms with Gasteiger partial charge in [0.1, 0.15) is 0 Å². The summed E-state index contributed by atoms with van der Waals surface area (Å²) < 4.78 is 4.58. The number of carbonyl (C=O) groups is 3. The molecule has 0 fully saturated rings. The highest BCUT2D eigenvalue weighted by atomic mass is 16.7. The van der Waals surface area contributed by atoms with E-state index in [1.807, 2.05) is 5.48 Å². The van der Waals surface area contributed by atoms with Gasteiger partial charge in [0.05, 0.1) is 13.0 Å². The molecular formula is C8H13NO6. The Hall–Kier alpha value is -1.63. The van der Waals surface area contributed by atoms with E-state index in [9.17, 15) is 14.4 Å². The van der Waals surface area contributed by atoms with Gasteiger partial charge in [0.25, 0.3) is 0 Å². The molecule has 0 radical (unpaired) electrons. The van der Waals surface area contributed by atoms with Gasteiger partial charge in [-0.2, -0.15) is 0 Å². The average Bonchev–Trinajstić information content (AvgIpc) is 2.14. The van der Waals surface area contributed by atoms with Gasteiger partial charge in [0, 0.05) is 6.42 Å². The van der Waals surface area contributed by atoms with Crippen molar-refractivity contribution in [3.8, 4) is 0 Å². The maximum atomic E-state index is 10.9. The Morgan fingerprint density at radius 2 is 1.93 bits per heavy atom. The van der Waals surface area contributed by atoms with E-state index in [4.69, 9.17) is 5.11 Å². The first-order valence-electron chi connectivity index (χ1n) is 4.34. The number of carboxylic acid groups (broad SMARTS) is 1. The van der Waals surface area contributed by atoms with Crippen molar-refractivity contribution in [2.45, 2.75) is 19.8 Å². The molecule has 0 heterocycles. The highest BCUT2D eigenvalue weighted by Crippen LogP contribution is 1.92. The fraction of sp³-hybridized carbons (Fsp3) is 0.625. The minimum Gasteiger partial charge on any atom is -0.479 e. The molecule has 7 nitrogen and oxygen atoms in total. The zero-order valence-corrected chi connectivity index (χ0v) is 8.32. The molecule has 0 aromatic carbocycles. The number of amides is 1. The fourth-order valence-corrected chi connectivity index (χ4v) is 0.678. The molecule has 0 aromatic rings. The van der Waals surface area contributed by atoms with Crippen molar-refractivity contribution in [3.63, 3.8) is 0 Å². The maximum Gasteiger partial charge on any atom is 0.332 e. The smallest absolute Gasteiger partial charge is 0.332 e. The zero-order valence-electron chi connectivity index (χ0n) is 8.32. The van der Waals surface area contributed by atoms with Gasteiger partial charge in [-0.15, -0.1) is 0 Å². The van der Waals surface area contributed by atoms with Crippen LogP contribution in [0.4, 0.5) is 0 Å². The summed E-state index contributed by atoms with van der Waals surface area (Å²) in [5, 5.41) is 8.16. The van der Waals surface area contributed by atoms with Gasteiger partial charge in [0.2, 0.25) is 5.91 Å². The number of hydrogen-bond donors (Lipinski definition) is 2. The molecule has 86 valence electrons. The van der Waals surface area contributed by atoms with E-state index in [0.29, 0.717) is 0 Å². The number of carbonyl (C=O) groups excluding carboxylic acids is 2. The molecule has 0 rings (SSSR count). The summed E-state index contributed by atoms with van der Waals surface area (Å²) in [7, 11) is 0. The van der Waals surface area contributed by atoms with E-state index in [-0.39, 0.29) is 19.4 Å². The Kier molecular flexibility index (Phi) is 6.90. The van der Waals surface area contributed by atoms with Gasteiger partial charge in [-0.1, -0.05) is 0 Å². The molecule has 0 aromatic heterocycles. The van der Waals surface area contributed by atoms with Crippen LogP contribution in [0.25, 0.3) is 0 Å². The number of aliphatic carboxylic acids is 1. The first-order chi connectivity index (χ1) is 7.06. The lowest BCUT2D eigenvalue weighted by atomic mass is 10.3. The minimum absolute atomic E-state index is 0.0594. The van der Waals surface area contributed by atoms with Crippen LogP contribution in [0.5, 0.6) is 0 Å². The number of carboxylic acids is 1. The SMILES string of the molecule is CCOC(=O)CCC(=O)NOCC(=O)O. The predicted octanol–water partition coefficient (Wildman–Crippen LogP) is -0.538. The summed E-state index contributed by atoms with van der Waals surface area (Å²) in [5.41, 5.74) is 1.88. The summed E-state index contributed by atoms with van der Waals surface area (Å²) in [6, 6.07) is 0. The van der Waals surface area contributed by atoms with Crippen LogP contribution in [0, 0.1) is 0 Å². The number of nitrogens with one attached hydrogen (secondary N) is 1. The van der Waals surface area contributed by atoms with Gasteiger partial charge in [-0.25, -0.2) is 10.3 Å². The molecule has 0 atom stereocenters. The van der Waals surface area contributed by atoms with Gasteiger partial charge in [-0.3, -0.25) is 14.4 Å². The Morgan fingerprint density at radius 1 is 1.27 bits per heavy atom. The Bertz CT molecular complexity index is 239. The predicted molar refractivity (Wildman–Crippen MR) is 47.6 cm³/mol. The van der Waals surface area contributed by atoms with E-state index in [2.05, 4.69) is 9.57 Å². The van der Waals surface area contributed by atoms with Crippen LogP contribution in [-0.4, -0.2) is 36.2 Å². The second kappa shape index (κ2) is 7.74. The largest absolute Gasteiger partial charge is 0.479 e. The van der Waals surface area contributed by atoms with Crippen molar-refractivity contribution in [1.82, 2.24) is 5.48 Å². The highest BCUT2D eigenvalue weighted by molar-refractivity contribution is 5.80. The minimum atomic E-state index is -1.19. The number of rotatable bonds is 7. The molecule has 7 heteroatoms. The highest BCUT2D eigenvalue weighted by Gasteiger charge is 2.07. The molecule has 2 N–H and O–H groups in total. The molecule has 0 bridgehead atoms. The van der Waals surface area contributed by atoms with Gasteiger partial charge in [0.15, 0.2) is 6.61 Å². The molecule has 1 amide bonds. The van der Waals surface area contributed by atoms with Crippen molar-refractivity contribution < 1.29 is 29.1 Å². The molecule has 0 spiro atoms. The standard InChI is InChI=1S/C8H13NO6/c1-2-14-8(13)4-3-6(10)9-15-5-7(11)12/h2-5H2,1H3,(H,9,10)(H,11,12). The van der Waals surface area contributed by atoms with Gasteiger partial charge >= 0.3 is 11.9 Å². The second-order valence-corrected chi connectivity index (χ2v) is 2.51. The normalized spacial score (nSPS) is 9.40. The van der Waals surface area contributed by atoms with Crippen LogP contribution in [0.1, 0.15) is 19.8 Å². The third-order valence-electron chi connectivity index (χ3n) is 1.24. The molecule has 0 unspecified atom stereocenters. The van der Waals surface area contributed by atoms with Gasteiger partial charge in [-0.05, 0) is 6.92 Å². The molecule has 15 heavy (non-hydrogen) atoms. The average molecular weight is 219 g/mol. The Balaban J connectivity index is 3.49. The van der Waals surface area contributed by atoms with Crippen molar-refractivity contribution in [1.29, 1.82) is 0 Å². The quantitative estimate of drug-likeness (QED) is 0.440. The van der Waals surface area contributed by atoms with Crippen LogP contribution in [0.2, 0.25) is 0 Å². The molecule has 0 aliphatic rings. The lowest BCUT2D eigenvalue weighted by Gasteiger charge is -2.03. The van der Waals surface area contributed by atoms with Gasteiger partial charge < -0.3 is 9.84 Å². The lowest BCUT2D eigenvalue weighted by Crippen LogP contribution is -2.27. The number of ether oxygens (including phenoxy) is 1. The Labute approximate surface area is 86.3 Å². The van der Waals surface area contributed by atoms with E-state index in [1.54, 1.807) is 6.92 Å². The van der Waals surface area contributed by atoms with E-state index < -0.39 is 24.5 Å². The first-order valence-corrected chi connectivity index (χ1v) is 4.34. The topological polar surface area (TPSA) is 102 Å². The summed E-state index contributed by atoms with van der Waals surface area (Å²) >= 11 is 0. The first kappa shape index (κ1) is 13.4. The number of esters is 1. The van der Waals surface area contributed by atoms with Crippen molar-refractivity contribution in [2.75, 3.05) is 13.2 Å². The summed E-state index contributed by atoms with van der Waals surface area (Å²) in [5.74, 6) is -2.24. The summed E-state index contributed by atoms with van der Waals surface area (Å²) in [4.78, 5) is 36.0. The number of hydrogen-bond acceptors (Lipinski definition) is 5.